The van der Waals surface area contributed by atoms with Crippen molar-refractivity contribution in [2.75, 3.05) is 6.61 Å². The smallest absolute Gasteiger partial charge is 0.328 e. The summed E-state index contributed by atoms with van der Waals surface area (Å²) < 4.78 is 9.12. The van der Waals surface area contributed by atoms with Gasteiger partial charge >= 0.3 is 5.69 Å². The Hall–Kier alpha value is -1.26. The molecule has 2 atom stereocenters. The molecule has 1 saturated heterocycles. The first-order chi connectivity index (χ1) is 9.44. The fourth-order valence-corrected chi connectivity index (χ4v) is 3.34. The number of hydrogen-bond acceptors (Lipinski definition) is 2. The first-order valence-electron chi connectivity index (χ1n) is 6.87. The Labute approximate surface area is 122 Å². The van der Waals surface area contributed by atoms with Crippen molar-refractivity contribution < 1.29 is 4.74 Å². The molecule has 0 saturated carbocycles. The van der Waals surface area contributed by atoms with Crippen molar-refractivity contribution in [2.45, 2.75) is 30.7 Å². The number of ether oxygens (including phenoxy) is 1. The molecule has 1 aliphatic heterocycles. The van der Waals surface area contributed by atoms with Crippen LogP contribution in [0.1, 0.15) is 30.7 Å². The molecule has 0 N–H and O–H groups in total. The van der Waals surface area contributed by atoms with Gasteiger partial charge in [-0.05, 0) is 37.5 Å². The Morgan fingerprint density at radius 3 is 2.65 bits per heavy atom. The second-order valence-electron chi connectivity index (χ2n) is 5.78. The monoisotopic (exact) mass is 294 g/mol. The van der Waals surface area contributed by atoms with Gasteiger partial charge in [-0.2, -0.15) is 0 Å². The zero-order valence-corrected chi connectivity index (χ0v) is 12.8. The zero-order chi connectivity index (χ0) is 14.5. The predicted molar refractivity (Wildman–Crippen MR) is 80.3 cm³/mol. The van der Waals surface area contributed by atoms with E-state index in [0.29, 0.717) is 0 Å². The fourth-order valence-electron chi connectivity index (χ4n) is 3.03. The van der Waals surface area contributed by atoms with E-state index in [1.54, 1.807) is 23.2 Å². The highest BCUT2D eigenvalue weighted by Crippen LogP contribution is 2.42. The molecule has 4 nitrogen and oxygen atoms in total. The minimum Gasteiger partial charge on any atom is -0.373 e. The second kappa shape index (κ2) is 4.64. The van der Waals surface area contributed by atoms with Gasteiger partial charge in [0.2, 0.25) is 0 Å². The van der Waals surface area contributed by atoms with Gasteiger partial charge in [-0.1, -0.05) is 6.07 Å². The van der Waals surface area contributed by atoms with E-state index >= 15 is 0 Å². The number of benzene rings is 1. The molecule has 5 heteroatoms. The van der Waals surface area contributed by atoms with Gasteiger partial charge in [0.15, 0.2) is 0 Å². The number of imidazole rings is 1. The predicted octanol–water partition coefficient (Wildman–Crippen LogP) is 2.73. The van der Waals surface area contributed by atoms with E-state index in [0.717, 1.165) is 36.0 Å². The third kappa shape index (κ3) is 1.90. The highest BCUT2D eigenvalue weighted by Gasteiger charge is 2.38. The van der Waals surface area contributed by atoms with Crippen molar-refractivity contribution in [1.82, 2.24) is 9.13 Å². The van der Waals surface area contributed by atoms with E-state index in [9.17, 15) is 4.79 Å². The Morgan fingerprint density at radius 1 is 1.30 bits per heavy atom. The van der Waals surface area contributed by atoms with Crippen molar-refractivity contribution in [2.24, 2.45) is 14.1 Å². The van der Waals surface area contributed by atoms with Gasteiger partial charge in [0.1, 0.15) is 0 Å². The minimum absolute atomic E-state index is 0.0217. The maximum Gasteiger partial charge on any atom is 0.328 e. The maximum absolute atomic E-state index is 12.0. The lowest BCUT2D eigenvalue weighted by atomic mass is 9.93. The molecule has 2 unspecified atom stereocenters. The van der Waals surface area contributed by atoms with Crippen LogP contribution in [0.3, 0.4) is 0 Å². The molecule has 1 aromatic carbocycles. The quantitative estimate of drug-likeness (QED) is 0.799. The van der Waals surface area contributed by atoms with E-state index in [1.807, 2.05) is 18.2 Å². The molecule has 1 aliphatic rings. The van der Waals surface area contributed by atoms with Crippen LogP contribution >= 0.6 is 11.6 Å². The SMILES string of the molecule is Cn1c(=O)n(C)c2cc(C(Cl)C3(C)CCCO3)ccc21. The Bertz CT molecular complexity index is 710. The molecular formula is C15H19ClN2O2. The van der Waals surface area contributed by atoms with Gasteiger partial charge in [0, 0.05) is 20.7 Å². The third-order valence-electron chi connectivity index (χ3n) is 4.37. The number of halogens is 1. The number of nitrogens with zero attached hydrogens (tertiary/aromatic N) is 2. The average Bonchev–Trinajstić information content (AvgIpc) is 2.98. The van der Waals surface area contributed by atoms with Crippen LogP contribution < -0.4 is 5.69 Å². The van der Waals surface area contributed by atoms with E-state index in [-0.39, 0.29) is 16.7 Å². The van der Waals surface area contributed by atoms with Crippen molar-refractivity contribution in [1.29, 1.82) is 0 Å². The largest absolute Gasteiger partial charge is 0.373 e. The minimum atomic E-state index is -0.317. The molecule has 0 radical (unpaired) electrons. The Morgan fingerprint density at radius 2 is 2.00 bits per heavy atom. The summed E-state index contributed by atoms with van der Waals surface area (Å²) in [5, 5.41) is -0.204. The highest BCUT2D eigenvalue weighted by molar-refractivity contribution is 6.21. The van der Waals surface area contributed by atoms with Crippen molar-refractivity contribution >= 4 is 22.6 Å². The van der Waals surface area contributed by atoms with E-state index < -0.39 is 0 Å². The van der Waals surface area contributed by atoms with Crippen molar-refractivity contribution in [3.63, 3.8) is 0 Å². The molecule has 0 aliphatic carbocycles. The summed E-state index contributed by atoms with van der Waals surface area (Å²) >= 11 is 6.63. The molecule has 1 aromatic heterocycles. The number of aryl methyl sites for hydroxylation is 2. The number of rotatable bonds is 2. The van der Waals surface area contributed by atoms with Gasteiger partial charge < -0.3 is 4.74 Å². The lowest BCUT2D eigenvalue weighted by Gasteiger charge is -2.29. The normalized spacial score (nSPS) is 24.4. The van der Waals surface area contributed by atoms with Crippen LogP contribution in [-0.4, -0.2) is 21.3 Å². The van der Waals surface area contributed by atoms with E-state index in [2.05, 4.69) is 6.92 Å². The Kier molecular flexibility index (Phi) is 3.18. The van der Waals surface area contributed by atoms with Gasteiger partial charge in [-0.25, -0.2) is 4.79 Å². The van der Waals surface area contributed by atoms with Gasteiger partial charge in [-0.3, -0.25) is 9.13 Å². The molecule has 1 fully saturated rings. The topological polar surface area (TPSA) is 36.2 Å². The van der Waals surface area contributed by atoms with Crippen molar-refractivity contribution in [3.05, 3.63) is 34.2 Å². The van der Waals surface area contributed by atoms with Crippen LogP contribution in [0, 0.1) is 0 Å². The number of hydrogen-bond donors (Lipinski definition) is 0. The number of fused-ring (bicyclic) bond motifs is 1. The van der Waals surface area contributed by atoms with Crippen LogP contribution in [0.5, 0.6) is 0 Å². The summed E-state index contributed by atoms with van der Waals surface area (Å²) in [6.45, 7) is 2.83. The van der Waals surface area contributed by atoms with Crippen LogP contribution in [0.15, 0.2) is 23.0 Å². The standard InChI is InChI=1S/C15H19ClN2O2/c1-15(7-4-8-20-15)13(16)10-5-6-11-12(9-10)18(3)14(19)17(11)2/h5-6,9,13H,4,7-8H2,1-3H3. The third-order valence-corrected chi connectivity index (χ3v) is 5.09. The van der Waals surface area contributed by atoms with Gasteiger partial charge in [0.25, 0.3) is 0 Å². The molecule has 2 heterocycles. The first kappa shape index (κ1) is 13.7. The summed E-state index contributed by atoms with van der Waals surface area (Å²) in [4.78, 5) is 12.0. The summed E-state index contributed by atoms with van der Waals surface area (Å²) in [6.07, 6.45) is 2.01. The molecule has 20 heavy (non-hydrogen) atoms. The fraction of sp³-hybridized carbons (Fsp3) is 0.533. The first-order valence-corrected chi connectivity index (χ1v) is 7.31. The van der Waals surface area contributed by atoms with Crippen LogP contribution in [0.25, 0.3) is 11.0 Å². The highest BCUT2D eigenvalue weighted by atomic mass is 35.5. The van der Waals surface area contributed by atoms with Gasteiger partial charge in [0.05, 0.1) is 22.0 Å². The number of alkyl halides is 1. The lowest BCUT2D eigenvalue weighted by molar-refractivity contribution is 0.0164. The zero-order valence-electron chi connectivity index (χ0n) is 12.0. The Balaban J connectivity index is 2.09. The summed E-state index contributed by atoms with van der Waals surface area (Å²) in [6, 6.07) is 5.95. The van der Waals surface area contributed by atoms with Crippen LogP contribution in [0.2, 0.25) is 0 Å². The molecule has 0 bridgehead atoms. The summed E-state index contributed by atoms with van der Waals surface area (Å²) in [7, 11) is 3.56. The van der Waals surface area contributed by atoms with Crippen LogP contribution in [0.4, 0.5) is 0 Å². The van der Waals surface area contributed by atoms with Gasteiger partial charge in [-0.15, -0.1) is 11.6 Å². The average molecular weight is 295 g/mol. The molecule has 2 aromatic rings. The maximum atomic E-state index is 12.0. The van der Waals surface area contributed by atoms with Crippen LogP contribution in [-0.2, 0) is 18.8 Å². The van der Waals surface area contributed by atoms with E-state index in [4.69, 9.17) is 16.3 Å². The van der Waals surface area contributed by atoms with Crippen molar-refractivity contribution in [3.8, 4) is 0 Å². The summed E-state index contributed by atoms with van der Waals surface area (Å²) in [5.74, 6) is 0. The second-order valence-corrected chi connectivity index (χ2v) is 6.21. The lowest BCUT2D eigenvalue weighted by Crippen LogP contribution is -2.28. The summed E-state index contributed by atoms with van der Waals surface area (Å²) in [5.41, 5.74) is 2.49. The molecule has 108 valence electrons. The number of aromatic nitrogens is 2. The molecular weight excluding hydrogens is 276 g/mol. The molecule has 3 rings (SSSR count). The molecule has 0 amide bonds. The van der Waals surface area contributed by atoms with E-state index in [1.165, 1.54) is 0 Å². The molecule has 0 spiro atoms.